The maximum atomic E-state index is 5.69. The van der Waals surface area contributed by atoms with Gasteiger partial charge in [-0.1, -0.05) is 6.92 Å². The highest BCUT2D eigenvalue weighted by Gasteiger charge is 1.95. The molecule has 2 heteroatoms. The minimum atomic E-state index is 0.856. The van der Waals surface area contributed by atoms with Crippen LogP contribution in [-0.4, -0.2) is 4.98 Å². The molecule has 54 valence electrons. The Balaban J connectivity index is 3.07. The lowest BCUT2D eigenvalue weighted by Gasteiger charge is -2.01. The van der Waals surface area contributed by atoms with E-state index < -0.39 is 0 Å². The quantitative estimate of drug-likeness (QED) is 0.636. The van der Waals surface area contributed by atoms with E-state index >= 15 is 0 Å². The molecule has 0 saturated carbocycles. The zero-order valence-corrected chi connectivity index (χ0v) is 6.39. The molecule has 0 fully saturated rings. The average Bonchev–Trinajstić information content (AvgIpc) is 1.88. The Morgan fingerprint density at radius 2 is 2.30 bits per heavy atom. The SMILES string of the molecule is CCc1cnc(C)cc1N. The summed E-state index contributed by atoms with van der Waals surface area (Å²) in [5.41, 5.74) is 8.66. The monoisotopic (exact) mass is 136 g/mol. The van der Waals surface area contributed by atoms with Crippen LogP contribution >= 0.6 is 0 Å². The minimum Gasteiger partial charge on any atom is -0.398 e. The Kier molecular flexibility index (Phi) is 1.90. The molecule has 0 unspecified atom stereocenters. The molecular formula is C8H12N2. The summed E-state index contributed by atoms with van der Waals surface area (Å²) >= 11 is 0. The molecule has 0 bridgehead atoms. The highest BCUT2D eigenvalue weighted by molar-refractivity contribution is 5.45. The molecule has 2 N–H and O–H groups in total. The van der Waals surface area contributed by atoms with Gasteiger partial charge in [-0.15, -0.1) is 0 Å². The number of hydrogen-bond donors (Lipinski definition) is 1. The van der Waals surface area contributed by atoms with Crippen LogP contribution in [0.4, 0.5) is 5.69 Å². The highest BCUT2D eigenvalue weighted by Crippen LogP contribution is 2.10. The molecule has 0 radical (unpaired) electrons. The van der Waals surface area contributed by atoms with E-state index in [0.29, 0.717) is 0 Å². The molecule has 0 atom stereocenters. The molecule has 0 aliphatic heterocycles. The minimum absolute atomic E-state index is 0.856. The van der Waals surface area contributed by atoms with Gasteiger partial charge in [0.25, 0.3) is 0 Å². The second-order valence-corrected chi connectivity index (χ2v) is 2.38. The van der Waals surface area contributed by atoms with Crippen LogP contribution in [0.1, 0.15) is 18.2 Å². The predicted molar refractivity (Wildman–Crippen MR) is 42.8 cm³/mol. The van der Waals surface area contributed by atoms with Crippen LogP contribution in [0.15, 0.2) is 12.3 Å². The molecule has 0 amide bonds. The maximum Gasteiger partial charge on any atom is 0.0393 e. The molecule has 0 aliphatic carbocycles. The lowest BCUT2D eigenvalue weighted by molar-refractivity contribution is 1.08. The zero-order chi connectivity index (χ0) is 7.56. The number of aryl methyl sites for hydroxylation is 2. The second kappa shape index (κ2) is 2.69. The molecule has 0 spiro atoms. The average molecular weight is 136 g/mol. The van der Waals surface area contributed by atoms with Crippen LogP contribution in [0.5, 0.6) is 0 Å². The first kappa shape index (κ1) is 7.06. The number of pyridine rings is 1. The van der Waals surface area contributed by atoms with Gasteiger partial charge in [-0.25, -0.2) is 0 Å². The Morgan fingerprint density at radius 1 is 1.60 bits per heavy atom. The van der Waals surface area contributed by atoms with Crippen LogP contribution < -0.4 is 5.73 Å². The predicted octanol–water partition coefficient (Wildman–Crippen LogP) is 1.53. The molecule has 0 saturated heterocycles. The second-order valence-electron chi connectivity index (χ2n) is 2.38. The van der Waals surface area contributed by atoms with E-state index in [9.17, 15) is 0 Å². The first-order valence-corrected chi connectivity index (χ1v) is 3.45. The molecule has 10 heavy (non-hydrogen) atoms. The highest BCUT2D eigenvalue weighted by atomic mass is 14.7. The molecular weight excluding hydrogens is 124 g/mol. The van der Waals surface area contributed by atoms with Crippen molar-refractivity contribution in [3.63, 3.8) is 0 Å². The van der Waals surface area contributed by atoms with Gasteiger partial charge in [0.05, 0.1) is 0 Å². The summed E-state index contributed by atoms with van der Waals surface area (Å²) in [4.78, 5) is 4.13. The van der Waals surface area contributed by atoms with E-state index in [1.807, 2.05) is 19.2 Å². The van der Waals surface area contributed by atoms with Crippen molar-refractivity contribution in [3.8, 4) is 0 Å². The molecule has 0 aliphatic rings. The number of nitrogens with zero attached hydrogens (tertiary/aromatic N) is 1. The summed E-state index contributed by atoms with van der Waals surface area (Å²) in [6, 6.07) is 1.90. The van der Waals surface area contributed by atoms with Crippen LogP contribution in [0, 0.1) is 6.92 Å². The zero-order valence-electron chi connectivity index (χ0n) is 6.39. The van der Waals surface area contributed by atoms with Gasteiger partial charge in [0.1, 0.15) is 0 Å². The lowest BCUT2D eigenvalue weighted by atomic mass is 10.2. The summed E-state index contributed by atoms with van der Waals surface area (Å²) in [6.07, 6.45) is 2.80. The van der Waals surface area contributed by atoms with Crippen LogP contribution in [-0.2, 0) is 6.42 Å². The summed E-state index contributed by atoms with van der Waals surface area (Å²) in [5.74, 6) is 0. The van der Waals surface area contributed by atoms with Gasteiger partial charge in [-0.3, -0.25) is 4.98 Å². The van der Waals surface area contributed by atoms with E-state index in [4.69, 9.17) is 5.73 Å². The number of nitrogen functional groups attached to an aromatic ring is 1. The van der Waals surface area contributed by atoms with Crippen molar-refractivity contribution in [2.45, 2.75) is 20.3 Å². The first-order chi connectivity index (χ1) is 4.74. The molecule has 1 rings (SSSR count). The van der Waals surface area contributed by atoms with E-state index in [1.165, 1.54) is 0 Å². The van der Waals surface area contributed by atoms with Gasteiger partial charge in [-0.05, 0) is 25.0 Å². The molecule has 1 aromatic rings. The third kappa shape index (κ3) is 1.26. The summed E-state index contributed by atoms with van der Waals surface area (Å²) in [7, 11) is 0. The van der Waals surface area contributed by atoms with Crippen LogP contribution in [0.3, 0.4) is 0 Å². The number of rotatable bonds is 1. The Morgan fingerprint density at radius 3 is 2.80 bits per heavy atom. The number of aromatic nitrogens is 1. The molecule has 1 heterocycles. The molecule has 2 nitrogen and oxygen atoms in total. The Bertz CT molecular complexity index is 231. The fourth-order valence-corrected chi connectivity index (χ4v) is 0.905. The van der Waals surface area contributed by atoms with Crippen LogP contribution in [0.2, 0.25) is 0 Å². The van der Waals surface area contributed by atoms with Crippen molar-refractivity contribution in [1.82, 2.24) is 4.98 Å². The maximum absolute atomic E-state index is 5.69. The Hall–Kier alpha value is -1.05. The Labute approximate surface area is 61.1 Å². The first-order valence-electron chi connectivity index (χ1n) is 3.45. The van der Waals surface area contributed by atoms with Gasteiger partial charge in [0.2, 0.25) is 0 Å². The number of nitrogens with two attached hydrogens (primary N) is 1. The number of anilines is 1. The van der Waals surface area contributed by atoms with Crippen molar-refractivity contribution in [3.05, 3.63) is 23.5 Å². The molecule has 1 aromatic heterocycles. The fourth-order valence-electron chi connectivity index (χ4n) is 0.905. The van der Waals surface area contributed by atoms with Gasteiger partial charge in [0, 0.05) is 17.6 Å². The largest absolute Gasteiger partial charge is 0.398 e. The molecule has 0 aromatic carbocycles. The lowest BCUT2D eigenvalue weighted by Crippen LogP contribution is -1.94. The number of hydrogen-bond acceptors (Lipinski definition) is 2. The van der Waals surface area contributed by atoms with E-state index in [2.05, 4.69) is 11.9 Å². The fraction of sp³-hybridized carbons (Fsp3) is 0.375. The van der Waals surface area contributed by atoms with E-state index in [0.717, 1.165) is 23.4 Å². The van der Waals surface area contributed by atoms with Crippen molar-refractivity contribution < 1.29 is 0 Å². The summed E-state index contributed by atoms with van der Waals surface area (Å²) in [6.45, 7) is 4.01. The van der Waals surface area contributed by atoms with Gasteiger partial charge >= 0.3 is 0 Å². The smallest absolute Gasteiger partial charge is 0.0393 e. The van der Waals surface area contributed by atoms with Crippen molar-refractivity contribution >= 4 is 5.69 Å². The van der Waals surface area contributed by atoms with E-state index in [-0.39, 0.29) is 0 Å². The van der Waals surface area contributed by atoms with E-state index in [1.54, 1.807) is 0 Å². The third-order valence-corrected chi connectivity index (χ3v) is 1.54. The van der Waals surface area contributed by atoms with Crippen molar-refractivity contribution in [2.75, 3.05) is 5.73 Å². The topological polar surface area (TPSA) is 38.9 Å². The van der Waals surface area contributed by atoms with Crippen molar-refractivity contribution in [1.29, 1.82) is 0 Å². The summed E-state index contributed by atoms with van der Waals surface area (Å²) in [5, 5.41) is 0. The third-order valence-electron chi connectivity index (χ3n) is 1.54. The van der Waals surface area contributed by atoms with Gasteiger partial charge in [-0.2, -0.15) is 0 Å². The van der Waals surface area contributed by atoms with Gasteiger partial charge < -0.3 is 5.73 Å². The van der Waals surface area contributed by atoms with Gasteiger partial charge in [0.15, 0.2) is 0 Å². The summed E-state index contributed by atoms with van der Waals surface area (Å²) < 4.78 is 0. The normalized spacial score (nSPS) is 9.80. The van der Waals surface area contributed by atoms with Crippen molar-refractivity contribution in [2.24, 2.45) is 0 Å². The standard InChI is InChI=1S/C8H12N2/c1-3-7-5-10-6(2)4-8(7)9/h4-5H,3H2,1-2H3,(H2,9,10). The van der Waals surface area contributed by atoms with Crippen LogP contribution in [0.25, 0.3) is 0 Å².